The summed E-state index contributed by atoms with van der Waals surface area (Å²) in [6, 6.07) is 50.2. The predicted molar refractivity (Wildman–Crippen MR) is 168 cm³/mol. The lowest BCUT2D eigenvalue weighted by Crippen LogP contribution is -2.49. The number of carbonyl (C=O) groups excluding carboxylic acids is 1. The highest BCUT2D eigenvalue weighted by molar-refractivity contribution is 7.71. The number of hydrogen-bond acceptors (Lipinski definition) is 4. The van der Waals surface area contributed by atoms with Gasteiger partial charge in [-0.3, -0.25) is 4.99 Å². The molecule has 41 heavy (non-hydrogen) atoms. The van der Waals surface area contributed by atoms with E-state index in [-0.39, 0.29) is 5.97 Å². The Balaban J connectivity index is 1.43. The first-order valence-electron chi connectivity index (χ1n) is 13.7. The second-order valence-electron chi connectivity index (χ2n) is 10.1. The Morgan fingerprint density at radius 3 is 1.56 bits per heavy atom. The van der Waals surface area contributed by atoms with Gasteiger partial charge in [0, 0.05) is 10.6 Å². The number of nitrogens with zero attached hydrogens (tertiary/aromatic N) is 2. The number of rotatable bonds is 8. The van der Waals surface area contributed by atoms with Gasteiger partial charge in [0.2, 0.25) is 0 Å². The molecule has 5 aromatic carbocycles. The van der Waals surface area contributed by atoms with Crippen molar-refractivity contribution in [3.63, 3.8) is 0 Å². The molecular weight excluding hydrogens is 523 g/mol. The summed E-state index contributed by atoms with van der Waals surface area (Å²) in [7, 11) is -1.05. The van der Waals surface area contributed by atoms with Crippen molar-refractivity contribution < 1.29 is 9.53 Å². The van der Waals surface area contributed by atoms with Crippen LogP contribution in [-0.4, -0.2) is 23.0 Å². The second-order valence-corrected chi connectivity index (χ2v) is 12.2. The molecule has 202 valence electrons. The zero-order valence-electron chi connectivity index (χ0n) is 22.8. The molecule has 1 aliphatic rings. The molecule has 6 rings (SSSR count). The molecule has 1 aliphatic heterocycles. The van der Waals surface area contributed by atoms with Crippen molar-refractivity contribution in [1.82, 2.24) is 4.67 Å². The zero-order chi connectivity index (χ0) is 28.1. The van der Waals surface area contributed by atoms with E-state index in [1.807, 2.05) is 97.3 Å². The van der Waals surface area contributed by atoms with Crippen molar-refractivity contribution in [3.05, 3.63) is 168 Å². The Kier molecular flexibility index (Phi) is 7.75. The number of ether oxygens (including phenoxy) is 1. The maximum Gasteiger partial charge on any atom is 0.334 e. The molecule has 0 aromatic heterocycles. The fourth-order valence-electron chi connectivity index (χ4n) is 5.44. The van der Waals surface area contributed by atoms with Gasteiger partial charge in [0.05, 0.1) is 14.4 Å². The average molecular weight is 555 g/mol. The van der Waals surface area contributed by atoms with Crippen LogP contribution in [0, 0.1) is 0 Å². The molecular formula is C36H31N2O2P. The van der Waals surface area contributed by atoms with E-state index in [0.717, 1.165) is 16.7 Å². The third kappa shape index (κ3) is 5.31. The normalized spacial score (nSPS) is 18.1. The summed E-state index contributed by atoms with van der Waals surface area (Å²) in [5.74, 6) is -0.358. The van der Waals surface area contributed by atoms with E-state index in [9.17, 15) is 4.79 Å². The first-order valence-corrected chi connectivity index (χ1v) is 15.0. The van der Waals surface area contributed by atoms with Crippen LogP contribution < -0.4 is 10.6 Å². The fourth-order valence-corrected chi connectivity index (χ4v) is 7.94. The molecule has 4 nitrogen and oxygen atoms in total. The molecule has 0 N–H and O–H groups in total. The standard InChI is InChI=1S/C36H31N2O2P/c1-36(30-21-11-4-12-22-30)34(35(39)40-33(28-17-7-2-8-18-28)29-19-9-3-10-20-29)37-27-38(36)41(31-23-13-5-14-24-31)32-25-15-6-16-26-32/h2-27,33-34H,1H3/t34-,36-/m0/s1. The van der Waals surface area contributed by atoms with Crippen LogP contribution in [0.3, 0.4) is 0 Å². The largest absolute Gasteiger partial charge is 0.451 e. The number of esters is 1. The summed E-state index contributed by atoms with van der Waals surface area (Å²) in [6.45, 7) is 2.11. The van der Waals surface area contributed by atoms with Gasteiger partial charge >= 0.3 is 5.97 Å². The van der Waals surface area contributed by atoms with Crippen molar-refractivity contribution in [1.29, 1.82) is 0 Å². The molecule has 0 bridgehead atoms. The predicted octanol–water partition coefficient (Wildman–Crippen LogP) is 7.00. The van der Waals surface area contributed by atoms with E-state index in [2.05, 4.69) is 72.3 Å². The third-order valence-electron chi connectivity index (χ3n) is 7.57. The quantitative estimate of drug-likeness (QED) is 0.153. The van der Waals surface area contributed by atoms with Crippen LogP contribution in [0.25, 0.3) is 0 Å². The molecule has 0 spiro atoms. The van der Waals surface area contributed by atoms with Crippen LogP contribution in [0.1, 0.15) is 29.7 Å². The smallest absolute Gasteiger partial charge is 0.334 e. The van der Waals surface area contributed by atoms with Crippen LogP contribution >= 0.6 is 8.07 Å². The summed E-state index contributed by atoms with van der Waals surface area (Å²) in [5, 5.41) is 2.37. The van der Waals surface area contributed by atoms with E-state index in [1.54, 1.807) is 0 Å². The van der Waals surface area contributed by atoms with Gasteiger partial charge in [0.25, 0.3) is 0 Å². The summed E-state index contributed by atoms with van der Waals surface area (Å²) in [6.07, 6.45) is 1.32. The van der Waals surface area contributed by atoms with Gasteiger partial charge in [-0.1, -0.05) is 152 Å². The van der Waals surface area contributed by atoms with Gasteiger partial charge in [0.1, 0.15) is 5.54 Å². The van der Waals surface area contributed by atoms with E-state index in [1.165, 1.54) is 10.6 Å². The van der Waals surface area contributed by atoms with Gasteiger partial charge < -0.3 is 9.41 Å². The van der Waals surface area contributed by atoms with Crippen LogP contribution in [0.15, 0.2) is 157 Å². The average Bonchev–Trinajstić information content (AvgIpc) is 3.40. The van der Waals surface area contributed by atoms with Gasteiger partial charge in [-0.25, -0.2) is 4.79 Å². The van der Waals surface area contributed by atoms with Crippen molar-refractivity contribution in [3.8, 4) is 0 Å². The van der Waals surface area contributed by atoms with E-state index in [4.69, 9.17) is 9.73 Å². The minimum Gasteiger partial charge on any atom is -0.451 e. The highest BCUT2D eigenvalue weighted by Crippen LogP contribution is 2.51. The molecule has 5 heteroatoms. The Bertz CT molecular complexity index is 1520. The van der Waals surface area contributed by atoms with Crippen LogP contribution in [-0.2, 0) is 15.1 Å². The number of hydrogen-bond donors (Lipinski definition) is 0. The molecule has 2 atom stereocenters. The number of aliphatic imine (C=N–C) groups is 1. The number of benzene rings is 5. The minimum absolute atomic E-state index is 0.358. The van der Waals surface area contributed by atoms with Crippen molar-refractivity contribution in [2.45, 2.75) is 24.6 Å². The van der Waals surface area contributed by atoms with Crippen LogP contribution in [0.4, 0.5) is 0 Å². The van der Waals surface area contributed by atoms with Crippen molar-refractivity contribution in [2.75, 3.05) is 0 Å². The fraction of sp³-hybridized carbons (Fsp3) is 0.111. The van der Waals surface area contributed by atoms with Gasteiger partial charge in [-0.2, -0.15) is 0 Å². The molecule has 0 amide bonds. The van der Waals surface area contributed by atoms with Crippen molar-refractivity contribution >= 4 is 31.0 Å². The lowest BCUT2D eigenvalue weighted by Gasteiger charge is -2.43. The maximum atomic E-state index is 14.3. The topological polar surface area (TPSA) is 41.9 Å². The van der Waals surface area contributed by atoms with Crippen LogP contribution in [0.2, 0.25) is 0 Å². The van der Waals surface area contributed by atoms with Crippen molar-refractivity contribution in [2.24, 2.45) is 4.99 Å². The summed E-state index contributed by atoms with van der Waals surface area (Å²) >= 11 is 0. The maximum absolute atomic E-state index is 14.3. The minimum atomic E-state index is -1.05. The molecule has 5 aromatic rings. The second kappa shape index (κ2) is 11.9. The molecule has 0 aliphatic carbocycles. The first kappa shape index (κ1) is 26.7. The van der Waals surface area contributed by atoms with Gasteiger partial charge in [-0.15, -0.1) is 0 Å². The van der Waals surface area contributed by atoms with E-state index >= 15 is 0 Å². The first-order chi connectivity index (χ1) is 20.2. The van der Waals surface area contributed by atoms with E-state index in [0.29, 0.717) is 0 Å². The SMILES string of the molecule is C[C@]1(c2ccccc2)[C@H](C(=O)OC(c2ccccc2)c2ccccc2)N=CN1P(c1ccccc1)c1ccccc1. The Hall–Kier alpha value is -4.53. The Labute approximate surface area is 242 Å². The highest BCUT2D eigenvalue weighted by Gasteiger charge is 2.52. The van der Waals surface area contributed by atoms with E-state index < -0.39 is 25.8 Å². The lowest BCUT2D eigenvalue weighted by atomic mass is 9.85. The Morgan fingerprint density at radius 2 is 1.10 bits per heavy atom. The number of carbonyl (C=O) groups is 1. The molecule has 1 heterocycles. The highest BCUT2D eigenvalue weighted by atomic mass is 31.1. The Morgan fingerprint density at radius 1 is 0.683 bits per heavy atom. The molecule has 0 fully saturated rings. The van der Waals surface area contributed by atoms with Gasteiger partial charge in [-0.05, 0) is 23.6 Å². The summed E-state index contributed by atoms with van der Waals surface area (Å²) < 4.78 is 8.68. The van der Waals surface area contributed by atoms with Crippen LogP contribution in [0.5, 0.6) is 0 Å². The zero-order valence-corrected chi connectivity index (χ0v) is 23.7. The summed E-state index contributed by atoms with van der Waals surface area (Å²) in [5.41, 5.74) is 2.06. The lowest BCUT2D eigenvalue weighted by molar-refractivity contribution is -0.151. The van der Waals surface area contributed by atoms with Gasteiger partial charge in [0.15, 0.2) is 12.1 Å². The monoisotopic (exact) mass is 554 g/mol. The summed E-state index contributed by atoms with van der Waals surface area (Å²) in [4.78, 5) is 19.2. The molecule has 0 saturated carbocycles. The molecule has 0 radical (unpaired) electrons. The third-order valence-corrected chi connectivity index (χ3v) is 10.1. The molecule has 0 saturated heterocycles. The molecule has 0 unspecified atom stereocenters.